The van der Waals surface area contributed by atoms with E-state index >= 15 is 0 Å². The Balaban J connectivity index is 1.88. The summed E-state index contributed by atoms with van der Waals surface area (Å²) in [5.74, 6) is 0.389. The molecule has 4 atom stereocenters. The smallest absolute Gasteiger partial charge is 0.179 e. The molecule has 170 valence electrons. The zero-order valence-corrected chi connectivity index (χ0v) is 19.9. The van der Waals surface area contributed by atoms with Gasteiger partial charge >= 0.3 is 0 Å². The zero-order valence-electron chi connectivity index (χ0n) is 19.1. The molecule has 1 aromatic carbocycles. The van der Waals surface area contributed by atoms with Gasteiger partial charge in [-0.15, -0.1) is 0 Å². The molecule has 1 aliphatic heterocycles. The van der Waals surface area contributed by atoms with Crippen molar-refractivity contribution in [1.82, 2.24) is 0 Å². The number of allylic oxidation sites excluding steroid dienone is 1. The van der Waals surface area contributed by atoms with Gasteiger partial charge in [0.1, 0.15) is 28.1 Å². The summed E-state index contributed by atoms with van der Waals surface area (Å²) in [6, 6.07) is 1.53. The minimum Gasteiger partial charge on any atom is -0.507 e. The molecule has 7 heteroatoms. The molecule has 0 saturated heterocycles. The van der Waals surface area contributed by atoms with Gasteiger partial charge in [-0.3, -0.25) is 4.79 Å². The number of phenolic OH excluding ortho intramolecular Hbond substituents is 1. The topological polar surface area (TPSA) is 89.9 Å². The van der Waals surface area contributed by atoms with Crippen molar-refractivity contribution in [3.63, 3.8) is 0 Å². The highest BCUT2D eigenvalue weighted by Gasteiger charge is 2.61. The van der Waals surface area contributed by atoms with E-state index in [1.165, 1.54) is 25.7 Å². The summed E-state index contributed by atoms with van der Waals surface area (Å²) in [5, 5.41) is 11.8. The van der Waals surface area contributed by atoms with Crippen LogP contribution in [0.1, 0.15) is 68.1 Å². The molecule has 4 aliphatic rings. The maximum Gasteiger partial charge on any atom is 0.179 e. The van der Waals surface area contributed by atoms with E-state index in [9.17, 15) is 18.3 Å². The van der Waals surface area contributed by atoms with Crippen LogP contribution in [0.15, 0.2) is 17.0 Å². The van der Waals surface area contributed by atoms with E-state index in [1.54, 1.807) is 0 Å². The number of sulfone groups is 1. The number of hydrogen-bond acceptors (Lipinski definition) is 6. The third-order valence-electron chi connectivity index (χ3n) is 7.72. The third kappa shape index (κ3) is 3.19. The molecule has 2 bridgehead atoms. The van der Waals surface area contributed by atoms with Crippen LogP contribution < -0.4 is 9.47 Å². The largest absolute Gasteiger partial charge is 0.507 e. The van der Waals surface area contributed by atoms with Crippen molar-refractivity contribution in [3.05, 3.63) is 28.2 Å². The fourth-order valence-electron chi connectivity index (χ4n) is 5.99. The number of phenols is 1. The minimum absolute atomic E-state index is 0.0388. The van der Waals surface area contributed by atoms with Crippen LogP contribution in [0.2, 0.25) is 0 Å². The van der Waals surface area contributed by atoms with E-state index in [4.69, 9.17) is 9.47 Å². The summed E-state index contributed by atoms with van der Waals surface area (Å²) in [6.07, 6.45) is 1.99. The van der Waals surface area contributed by atoms with Gasteiger partial charge in [0.05, 0.1) is 19.8 Å². The first-order valence-corrected chi connectivity index (χ1v) is 12.5. The Bertz CT molecular complexity index is 1070. The molecule has 5 rings (SSSR count). The quantitative estimate of drug-likeness (QED) is 0.636. The third-order valence-corrected chi connectivity index (χ3v) is 9.59. The Kier molecular flexibility index (Phi) is 5.19. The second kappa shape index (κ2) is 7.26. The number of aromatic hydroxyl groups is 1. The first-order chi connectivity index (χ1) is 14.4. The maximum atomic E-state index is 13.4. The van der Waals surface area contributed by atoms with Gasteiger partial charge in [0.15, 0.2) is 15.6 Å². The number of hydrogen-bond donors (Lipinski definition) is 1. The van der Waals surface area contributed by atoms with Crippen molar-refractivity contribution in [2.75, 3.05) is 14.2 Å². The predicted molar refractivity (Wildman–Crippen MR) is 118 cm³/mol. The molecule has 0 unspecified atom stereocenters. The van der Waals surface area contributed by atoms with E-state index in [0.29, 0.717) is 5.92 Å². The molecule has 1 heterocycles. The number of carbonyl (C=O) groups excluding carboxylic acids is 1. The molecule has 1 N–H and O–H groups in total. The summed E-state index contributed by atoms with van der Waals surface area (Å²) in [6.45, 7) is 8.24. The van der Waals surface area contributed by atoms with E-state index in [0.717, 1.165) is 18.4 Å². The highest BCUT2D eigenvalue weighted by Crippen LogP contribution is 2.68. The molecular formula is C24H32O6S. The normalized spacial score (nSPS) is 29.7. The Hall–Kier alpha value is -2.02. The number of carbonyl (C=O) groups is 1. The number of rotatable bonds is 6. The van der Waals surface area contributed by atoms with Crippen LogP contribution in [-0.4, -0.2) is 33.5 Å². The molecule has 3 saturated carbocycles. The average molecular weight is 449 g/mol. The van der Waals surface area contributed by atoms with Gasteiger partial charge in [0.2, 0.25) is 0 Å². The molecule has 6 nitrogen and oxygen atoms in total. The summed E-state index contributed by atoms with van der Waals surface area (Å²) in [4.78, 5) is 13.0. The number of benzene rings is 1. The SMILES string of the molecule is COc1cc(OC)c([C@@H]2[C@H]3C[C@H]4C[C@@H](C3=CS2(=O)=O)C4(C)C)c(O)c1C(=O)CC(C)C. The first-order valence-electron chi connectivity index (χ1n) is 10.9. The molecule has 0 spiro atoms. The lowest BCUT2D eigenvalue weighted by Crippen LogP contribution is -2.52. The van der Waals surface area contributed by atoms with Crippen molar-refractivity contribution in [2.45, 2.75) is 52.2 Å². The van der Waals surface area contributed by atoms with E-state index < -0.39 is 15.1 Å². The van der Waals surface area contributed by atoms with Crippen LogP contribution in [0.3, 0.4) is 0 Å². The fourth-order valence-corrected chi connectivity index (χ4v) is 8.14. The monoisotopic (exact) mass is 448 g/mol. The summed E-state index contributed by atoms with van der Waals surface area (Å²) in [5.41, 5.74) is 1.28. The van der Waals surface area contributed by atoms with Gasteiger partial charge in [-0.25, -0.2) is 8.42 Å². The Labute approximate surface area is 184 Å². The molecule has 3 fully saturated rings. The second-order valence-electron chi connectivity index (χ2n) is 10.2. The van der Waals surface area contributed by atoms with Gasteiger partial charge < -0.3 is 14.6 Å². The number of ether oxygens (including phenoxy) is 2. The molecule has 0 radical (unpaired) electrons. The van der Waals surface area contributed by atoms with Gasteiger partial charge in [0, 0.05) is 23.8 Å². The summed E-state index contributed by atoms with van der Waals surface area (Å²) >= 11 is 0. The van der Waals surface area contributed by atoms with Crippen molar-refractivity contribution < 1.29 is 27.8 Å². The lowest BCUT2D eigenvalue weighted by atomic mass is 9.45. The molecule has 3 aliphatic carbocycles. The van der Waals surface area contributed by atoms with Crippen molar-refractivity contribution in [3.8, 4) is 17.2 Å². The van der Waals surface area contributed by atoms with E-state index in [1.807, 2.05) is 13.8 Å². The van der Waals surface area contributed by atoms with Crippen LogP contribution in [0.4, 0.5) is 0 Å². The molecule has 0 amide bonds. The standard InChI is InChI=1S/C24H32O6S/c1-12(2)7-17(25)20-18(29-5)10-19(30-6)21(22(20)26)23-14-8-13-9-16(24(13,3)4)15(14)11-31(23,27)28/h10-14,16,23,26H,7-9H2,1-6H3/t13-,14-,16-,23-/m0/s1. The number of methoxy groups -OCH3 is 2. The lowest BCUT2D eigenvalue weighted by Gasteiger charge is -2.59. The number of Topliss-reactive ketones (excluding diaryl/α,β-unsaturated/α-hetero) is 1. The predicted octanol–water partition coefficient (Wildman–Crippen LogP) is 4.67. The summed E-state index contributed by atoms with van der Waals surface area (Å²) < 4.78 is 37.6. The van der Waals surface area contributed by atoms with Crippen molar-refractivity contribution in [2.24, 2.45) is 29.1 Å². The molecule has 0 aromatic heterocycles. The van der Waals surface area contributed by atoms with Crippen LogP contribution >= 0.6 is 0 Å². The van der Waals surface area contributed by atoms with Gasteiger partial charge in [-0.1, -0.05) is 33.3 Å². The Morgan fingerprint density at radius 2 is 1.84 bits per heavy atom. The van der Waals surface area contributed by atoms with Crippen LogP contribution in [0, 0.1) is 29.1 Å². The van der Waals surface area contributed by atoms with Crippen molar-refractivity contribution >= 4 is 15.6 Å². The van der Waals surface area contributed by atoms with Crippen molar-refractivity contribution in [1.29, 1.82) is 0 Å². The molecule has 1 aromatic rings. The van der Waals surface area contributed by atoms with Crippen LogP contribution in [-0.2, 0) is 9.84 Å². The van der Waals surface area contributed by atoms with Gasteiger partial charge in [-0.2, -0.15) is 0 Å². The van der Waals surface area contributed by atoms with E-state index in [-0.39, 0.29) is 63.7 Å². The zero-order chi connectivity index (χ0) is 22.9. The second-order valence-corrected chi connectivity index (χ2v) is 12.1. The minimum atomic E-state index is -3.67. The highest BCUT2D eigenvalue weighted by atomic mass is 32.2. The fraction of sp³-hybridized carbons (Fsp3) is 0.625. The Morgan fingerprint density at radius 1 is 1.19 bits per heavy atom. The average Bonchev–Trinajstić information content (AvgIpc) is 2.95. The Morgan fingerprint density at radius 3 is 2.39 bits per heavy atom. The molecular weight excluding hydrogens is 416 g/mol. The highest BCUT2D eigenvalue weighted by molar-refractivity contribution is 7.94. The van der Waals surface area contributed by atoms with Gasteiger partial charge in [-0.05, 0) is 36.0 Å². The molecule has 31 heavy (non-hydrogen) atoms. The maximum absolute atomic E-state index is 13.4. The lowest BCUT2D eigenvalue weighted by molar-refractivity contribution is -0.0464. The number of ketones is 1. The van der Waals surface area contributed by atoms with Gasteiger partial charge in [0.25, 0.3) is 0 Å². The van der Waals surface area contributed by atoms with E-state index in [2.05, 4.69) is 13.8 Å². The van der Waals surface area contributed by atoms with Crippen LogP contribution in [0.25, 0.3) is 0 Å². The first kappa shape index (κ1) is 22.2. The summed E-state index contributed by atoms with van der Waals surface area (Å²) in [7, 11) is -0.819. The van der Waals surface area contributed by atoms with Crippen LogP contribution in [0.5, 0.6) is 17.2 Å².